The van der Waals surface area contributed by atoms with Crippen molar-refractivity contribution in [1.82, 2.24) is 15.2 Å². The highest BCUT2D eigenvalue weighted by Crippen LogP contribution is 2.30. The fourth-order valence-electron chi connectivity index (χ4n) is 3.78. The highest BCUT2D eigenvalue weighted by molar-refractivity contribution is 5.92. The SMILES string of the molecule is Cc1nnc(NCc2cccc(C(F)F)c2F)c2cc(N3CCC(C)(O)CC3)cnc12. The lowest BCUT2D eigenvalue weighted by molar-refractivity contribution is 0.0351. The van der Waals surface area contributed by atoms with Crippen LogP contribution in [0.4, 0.5) is 24.7 Å². The van der Waals surface area contributed by atoms with Crippen LogP contribution in [0.1, 0.15) is 43.0 Å². The third-order valence-electron chi connectivity index (χ3n) is 5.77. The molecule has 31 heavy (non-hydrogen) atoms. The normalized spacial score (nSPS) is 16.2. The van der Waals surface area contributed by atoms with Gasteiger partial charge in [-0.1, -0.05) is 18.2 Å². The summed E-state index contributed by atoms with van der Waals surface area (Å²) >= 11 is 0. The summed E-state index contributed by atoms with van der Waals surface area (Å²) in [6.45, 7) is 5.02. The number of benzene rings is 1. The van der Waals surface area contributed by atoms with Crippen LogP contribution in [0.2, 0.25) is 0 Å². The van der Waals surface area contributed by atoms with Gasteiger partial charge in [-0.2, -0.15) is 5.10 Å². The van der Waals surface area contributed by atoms with Gasteiger partial charge in [0.1, 0.15) is 5.82 Å². The molecule has 0 aliphatic carbocycles. The minimum atomic E-state index is -2.88. The first kappa shape index (κ1) is 21.3. The topological polar surface area (TPSA) is 74.2 Å². The Morgan fingerprint density at radius 3 is 2.68 bits per heavy atom. The smallest absolute Gasteiger partial charge is 0.266 e. The van der Waals surface area contributed by atoms with Crippen molar-refractivity contribution >= 4 is 22.4 Å². The number of nitrogens with one attached hydrogen (secondary N) is 1. The van der Waals surface area contributed by atoms with Gasteiger partial charge in [-0.05, 0) is 32.8 Å². The van der Waals surface area contributed by atoms with Gasteiger partial charge in [-0.3, -0.25) is 4.98 Å². The Hall–Kier alpha value is -2.94. The summed E-state index contributed by atoms with van der Waals surface area (Å²) in [5.74, 6) is -0.519. The third-order valence-corrected chi connectivity index (χ3v) is 5.77. The summed E-state index contributed by atoms with van der Waals surface area (Å²) in [6.07, 6.45) is 0.205. The highest BCUT2D eigenvalue weighted by atomic mass is 19.3. The van der Waals surface area contributed by atoms with Gasteiger partial charge in [0.25, 0.3) is 6.43 Å². The van der Waals surface area contributed by atoms with Crippen LogP contribution in [0, 0.1) is 12.7 Å². The molecule has 4 rings (SSSR count). The molecule has 0 amide bonds. The first-order valence-electron chi connectivity index (χ1n) is 10.1. The lowest BCUT2D eigenvalue weighted by Crippen LogP contribution is -2.42. The minimum absolute atomic E-state index is 0.0178. The Balaban J connectivity index is 1.62. The van der Waals surface area contributed by atoms with Gasteiger partial charge in [0.2, 0.25) is 0 Å². The maximum absolute atomic E-state index is 14.4. The second-order valence-corrected chi connectivity index (χ2v) is 8.18. The monoisotopic (exact) mass is 431 g/mol. The molecular formula is C22H24F3N5O. The van der Waals surface area contributed by atoms with Gasteiger partial charge < -0.3 is 15.3 Å². The van der Waals surface area contributed by atoms with Crippen molar-refractivity contribution in [3.8, 4) is 0 Å². The van der Waals surface area contributed by atoms with Gasteiger partial charge in [0.15, 0.2) is 5.82 Å². The van der Waals surface area contributed by atoms with Gasteiger partial charge in [0.05, 0.1) is 34.3 Å². The van der Waals surface area contributed by atoms with Gasteiger partial charge in [-0.15, -0.1) is 5.10 Å². The number of halogens is 3. The van der Waals surface area contributed by atoms with E-state index in [2.05, 4.69) is 25.4 Å². The number of pyridine rings is 1. The number of rotatable bonds is 5. The summed E-state index contributed by atoms with van der Waals surface area (Å²) < 4.78 is 40.3. The largest absolute Gasteiger partial charge is 0.390 e. The van der Waals surface area contributed by atoms with Crippen LogP contribution < -0.4 is 10.2 Å². The van der Waals surface area contributed by atoms with E-state index in [9.17, 15) is 18.3 Å². The molecule has 6 nitrogen and oxygen atoms in total. The maximum Gasteiger partial charge on any atom is 0.266 e. The van der Waals surface area contributed by atoms with Crippen molar-refractivity contribution in [3.05, 3.63) is 53.1 Å². The molecule has 2 N–H and O–H groups in total. The van der Waals surface area contributed by atoms with Gasteiger partial charge in [0, 0.05) is 30.6 Å². The average Bonchev–Trinajstić information content (AvgIpc) is 2.74. The fraction of sp³-hybridized carbons (Fsp3) is 0.409. The number of hydrogen-bond acceptors (Lipinski definition) is 6. The molecule has 1 fully saturated rings. The number of anilines is 2. The minimum Gasteiger partial charge on any atom is -0.390 e. The van der Waals surface area contributed by atoms with E-state index in [1.807, 2.05) is 13.0 Å². The zero-order chi connectivity index (χ0) is 22.2. The third kappa shape index (κ3) is 4.41. The quantitative estimate of drug-likeness (QED) is 0.625. The predicted molar refractivity (Wildman–Crippen MR) is 113 cm³/mol. The highest BCUT2D eigenvalue weighted by Gasteiger charge is 2.27. The molecule has 1 aliphatic heterocycles. The number of piperidine rings is 1. The number of aryl methyl sites for hydroxylation is 1. The molecule has 164 valence electrons. The predicted octanol–water partition coefficient (Wildman–Crippen LogP) is 4.37. The molecular weight excluding hydrogens is 407 g/mol. The first-order chi connectivity index (χ1) is 14.7. The number of alkyl halides is 2. The van der Waals surface area contributed by atoms with Crippen LogP contribution in [-0.4, -0.2) is 39.0 Å². The van der Waals surface area contributed by atoms with Gasteiger partial charge >= 0.3 is 0 Å². The molecule has 1 aliphatic rings. The Bertz CT molecular complexity index is 1100. The van der Waals surface area contributed by atoms with Crippen molar-refractivity contribution in [2.75, 3.05) is 23.3 Å². The van der Waals surface area contributed by atoms with E-state index in [1.54, 1.807) is 13.1 Å². The first-order valence-corrected chi connectivity index (χ1v) is 10.1. The Morgan fingerprint density at radius 2 is 1.97 bits per heavy atom. The summed E-state index contributed by atoms with van der Waals surface area (Å²) in [6, 6.07) is 5.89. The van der Waals surface area contributed by atoms with Crippen molar-refractivity contribution in [2.45, 2.75) is 45.3 Å². The molecule has 2 aromatic heterocycles. The molecule has 0 atom stereocenters. The zero-order valence-corrected chi connectivity index (χ0v) is 17.4. The number of nitrogens with zero attached hydrogens (tertiary/aromatic N) is 4. The van der Waals surface area contributed by atoms with Crippen LogP contribution in [0.25, 0.3) is 10.9 Å². The summed E-state index contributed by atoms with van der Waals surface area (Å²) in [5, 5.41) is 22.2. The molecule has 0 spiro atoms. The van der Waals surface area contributed by atoms with Crippen molar-refractivity contribution in [3.63, 3.8) is 0 Å². The second-order valence-electron chi connectivity index (χ2n) is 8.18. The van der Waals surface area contributed by atoms with Crippen LogP contribution in [0.5, 0.6) is 0 Å². The summed E-state index contributed by atoms with van der Waals surface area (Å²) in [7, 11) is 0. The molecule has 3 heterocycles. The van der Waals surface area contributed by atoms with E-state index >= 15 is 0 Å². The molecule has 0 radical (unpaired) electrons. The van der Waals surface area contributed by atoms with E-state index < -0.39 is 23.4 Å². The van der Waals surface area contributed by atoms with Crippen molar-refractivity contribution in [1.29, 1.82) is 0 Å². The second kappa shape index (κ2) is 8.30. The van der Waals surface area contributed by atoms with Crippen LogP contribution in [0.3, 0.4) is 0 Å². The summed E-state index contributed by atoms with van der Waals surface area (Å²) in [4.78, 5) is 6.69. The maximum atomic E-state index is 14.4. The fourth-order valence-corrected chi connectivity index (χ4v) is 3.78. The molecule has 0 saturated carbocycles. The van der Waals surface area contributed by atoms with E-state index in [-0.39, 0.29) is 12.1 Å². The van der Waals surface area contributed by atoms with Crippen LogP contribution in [0.15, 0.2) is 30.5 Å². The van der Waals surface area contributed by atoms with Crippen molar-refractivity contribution < 1.29 is 18.3 Å². The molecule has 1 aromatic carbocycles. The molecule has 0 unspecified atom stereocenters. The molecule has 0 bridgehead atoms. The van der Waals surface area contributed by atoms with E-state index in [0.29, 0.717) is 48.3 Å². The van der Waals surface area contributed by atoms with Gasteiger partial charge in [-0.25, -0.2) is 13.2 Å². The average molecular weight is 431 g/mol. The lowest BCUT2D eigenvalue weighted by atomic mass is 9.93. The van der Waals surface area contributed by atoms with Crippen LogP contribution >= 0.6 is 0 Å². The standard InChI is InChI=1S/C22H24F3N5O/c1-13-19-17(10-15(12-26-19)30-8-6-22(2,31)7-9-30)21(29-28-13)27-11-14-4-3-5-16(18(14)23)20(24)25/h3-5,10,12,20,31H,6-9,11H2,1-2H3,(H,27,29). The number of hydrogen-bond donors (Lipinski definition) is 2. The van der Waals surface area contributed by atoms with E-state index in [4.69, 9.17) is 0 Å². The lowest BCUT2D eigenvalue weighted by Gasteiger charge is -2.37. The Labute approximate surface area is 178 Å². The molecule has 9 heteroatoms. The van der Waals surface area contributed by atoms with E-state index in [0.717, 1.165) is 11.8 Å². The van der Waals surface area contributed by atoms with Crippen molar-refractivity contribution in [2.24, 2.45) is 0 Å². The Kier molecular flexibility index (Phi) is 5.70. The Morgan fingerprint density at radius 1 is 1.23 bits per heavy atom. The summed E-state index contributed by atoms with van der Waals surface area (Å²) in [5.41, 5.74) is 1.04. The van der Waals surface area contributed by atoms with E-state index in [1.165, 1.54) is 12.1 Å². The zero-order valence-electron chi connectivity index (χ0n) is 17.4. The van der Waals surface area contributed by atoms with Crippen LogP contribution in [-0.2, 0) is 6.54 Å². The molecule has 3 aromatic rings. The number of aromatic nitrogens is 3. The number of fused-ring (bicyclic) bond motifs is 1. The molecule has 1 saturated heterocycles. The number of aliphatic hydroxyl groups is 1.